The van der Waals surface area contributed by atoms with Gasteiger partial charge in [-0.25, -0.2) is 0 Å². The summed E-state index contributed by atoms with van der Waals surface area (Å²) in [5, 5.41) is 11.1. The van der Waals surface area contributed by atoms with Gasteiger partial charge >= 0.3 is 11.8 Å². The molecule has 0 atom stereocenters. The third kappa shape index (κ3) is 6.06. The average molecular weight is 216 g/mol. The molecule has 0 aromatic heterocycles. The third-order valence-corrected chi connectivity index (χ3v) is 1.98. The van der Waals surface area contributed by atoms with E-state index in [-0.39, 0.29) is 13.2 Å². The highest BCUT2D eigenvalue weighted by atomic mass is 16.3. The molecule has 0 bridgehead atoms. The first kappa shape index (κ1) is 13.9. The molecular weight excluding hydrogens is 196 g/mol. The first-order valence-corrected chi connectivity index (χ1v) is 5.13. The fourth-order valence-electron chi connectivity index (χ4n) is 0.975. The lowest BCUT2D eigenvalue weighted by atomic mass is 10.1. The van der Waals surface area contributed by atoms with Gasteiger partial charge in [0.15, 0.2) is 0 Å². The van der Waals surface area contributed by atoms with Gasteiger partial charge in [0.05, 0.1) is 6.61 Å². The lowest BCUT2D eigenvalue weighted by Crippen LogP contribution is -2.42. The molecule has 0 radical (unpaired) electrons. The van der Waals surface area contributed by atoms with Gasteiger partial charge in [-0.2, -0.15) is 0 Å². The summed E-state index contributed by atoms with van der Waals surface area (Å²) >= 11 is 0. The summed E-state index contributed by atoms with van der Waals surface area (Å²) in [6.07, 6.45) is 0.850. The van der Waals surface area contributed by atoms with Crippen LogP contribution >= 0.6 is 0 Å². The van der Waals surface area contributed by atoms with Crippen LogP contribution < -0.4 is 5.32 Å². The van der Waals surface area contributed by atoms with Gasteiger partial charge in [0, 0.05) is 20.1 Å². The first-order chi connectivity index (χ1) is 6.99. The molecule has 5 nitrogen and oxygen atoms in total. The van der Waals surface area contributed by atoms with Crippen LogP contribution in [-0.2, 0) is 9.59 Å². The molecule has 2 N–H and O–H groups in total. The monoisotopic (exact) mass is 216 g/mol. The Labute approximate surface area is 90.5 Å². The van der Waals surface area contributed by atoms with Crippen molar-refractivity contribution >= 4 is 11.8 Å². The van der Waals surface area contributed by atoms with E-state index >= 15 is 0 Å². The molecule has 0 heterocycles. The first-order valence-electron chi connectivity index (χ1n) is 5.13. The fraction of sp³-hybridized carbons (Fsp3) is 0.800. The zero-order valence-electron chi connectivity index (χ0n) is 9.62. The zero-order chi connectivity index (χ0) is 11.8. The Hall–Kier alpha value is -1.10. The summed E-state index contributed by atoms with van der Waals surface area (Å²) in [5.74, 6) is -0.713. The molecule has 0 aromatic rings. The van der Waals surface area contributed by atoms with Crippen LogP contribution in [-0.4, -0.2) is 48.6 Å². The highest BCUT2D eigenvalue weighted by molar-refractivity contribution is 6.34. The summed E-state index contributed by atoms with van der Waals surface area (Å²) < 4.78 is 0. The van der Waals surface area contributed by atoms with E-state index in [0.29, 0.717) is 12.5 Å². The molecule has 5 heteroatoms. The van der Waals surface area contributed by atoms with Crippen molar-refractivity contribution < 1.29 is 14.7 Å². The highest BCUT2D eigenvalue weighted by Crippen LogP contribution is 1.96. The highest BCUT2D eigenvalue weighted by Gasteiger charge is 2.17. The molecule has 0 saturated heterocycles. The summed E-state index contributed by atoms with van der Waals surface area (Å²) in [6, 6.07) is 0. The van der Waals surface area contributed by atoms with Crippen LogP contribution in [0.4, 0.5) is 0 Å². The number of amides is 2. The van der Waals surface area contributed by atoms with Gasteiger partial charge in [-0.1, -0.05) is 13.8 Å². The van der Waals surface area contributed by atoms with Crippen LogP contribution in [0.25, 0.3) is 0 Å². The van der Waals surface area contributed by atoms with Gasteiger partial charge in [0.1, 0.15) is 0 Å². The summed E-state index contributed by atoms with van der Waals surface area (Å²) in [5.41, 5.74) is 0. The molecule has 0 spiro atoms. The number of hydrogen-bond donors (Lipinski definition) is 2. The molecule has 0 aliphatic heterocycles. The number of nitrogens with zero attached hydrogens (tertiary/aromatic N) is 1. The van der Waals surface area contributed by atoms with Gasteiger partial charge in [-0.3, -0.25) is 9.59 Å². The van der Waals surface area contributed by atoms with Gasteiger partial charge in [-0.15, -0.1) is 0 Å². The maximum Gasteiger partial charge on any atom is 0.311 e. The predicted molar refractivity (Wildman–Crippen MR) is 57.2 cm³/mol. The van der Waals surface area contributed by atoms with Crippen LogP contribution in [0, 0.1) is 5.92 Å². The molecule has 0 fully saturated rings. The van der Waals surface area contributed by atoms with Crippen molar-refractivity contribution in [3.63, 3.8) is 0 Å². The van der Waals surface area contributed by atoms with E-state index in [1.54, 1.807) is 0 Å². The normalized spacial score (nSPS) is 10.2. The van der Waals surface area contributed by atoms with Gasteiger partial charge in [-0.05, 0) is 12.3 Å². The number of aliphatic hydroxyl groups is 1. The molecule has 15 heavy (non-hydrogen) atoms. The molecule has 0 saturated carbocycles. The van der Waals surface area contributed by atoms with Crippen LogP contribution in [0.3, 0.4) is 0 Å². The standard InChI is InChI=1S/C10H20N2O3/c1-8(2)4-5-11-9(14)10(15)12(3)6-7-13/h8,13H,4-7H2,1-3H3,(H,11,14). The third-order valence-electron chi connectivity index (χ3n) is 1.98. The Morgan fingerprint density at radius 2 is 2.00 bits per heavy atom. The van der Waals surface area contributed by atoms with Crippen molar-refractivity contribution in [3.8, 4) is 0 Å². The SMILES string of the molecule is CC(C)CCNC(=O)C(=O)N(C)CCO. The van der Waals surface area contributed by atoms with Crippen molar-refractivity contribution in [1.82, 2.24) is 10.2 Å². The Bertz CT molecular complexity index is 217. The Kier molecular flexibility index (Phi) is 6.70. The largest absolute Gasteiger partial charge is 0.395 e. The van der Waals surface area contributed by atoms with Crippen LogP contribution in [0.5, 0.6) is 0 Å². The lowest BCUT2D eigenvalue weighted by Gasteiger charge is -2.15. The van der Waals surface area contributed by atoms with E-state index < -0.39 is 11.8 Å². The second-order valence-corrected chi connectivity index (χ2v) is 3.89. The van der Waals surface area contributed by atoms with E-state index in [1.165, 1.54) is 11.9 Å². The van der Waals surface area contributed by atoms with E-state index in [1.807, 2.05) is 13.8 Å². The molecule has 0 unspecified atom stereocenters. The Balaban J connectivity index is 3.84. The fourth-order valence-corrected chi connectivity index (χ4v) is 0.975. The van der Waals surface area contributed by atoms with Crippen LogP contribution in [0.1, 0.15) is 20.3 Å². The molecule has 0 aromatic carbocycles. The summed E-state index contributed by atoms with van der Waals surface area (Å²) in [4.78, 5) is 23.8. The van der Waals surface area contributed by atoms with Crippen LogP contribution in [0.2, 0.25) is 0 Å². The van der Waals surface area contributed by atoms with Crippen molar-refractivity contribution in [2.24, 2.45) is 5.92 Å². The molecule has 0 rings (SSSR count). The van der Waals surface area contributed by atoms with Crippen molar-refractivity contribution in [2.45, 2.75) is 20.3 Å². The Morgan fingerprint density at radius 3 is 2.47 bits per heavy atom. The lowest BCUT2D eigenvalue weighted by molar-refractivity contribution is -0.145. The number of carbonyl (C=O) groups is 2. The van der Waals surface area contributed by atoms with E-state index in [9.17, 15) is 9.59 Å². The summed E-state index contributed by atoms with van der Waals surface area (Å²) in [6.45, 7) is 4.64. The van der Waals surface area contributed by atoms with E-state index in [4.69, 9.17) is 5.11 Å². The van der Waals surface area contributed by atoms with E-state index in [2.05, 4.69) is 5.32 Å². The number of carbonyl (C=O) groups excluding carboxylic acids is 2. The molecule has 0 aliphatic rings. The predicted octanol–water partition coefficient (Wildman–Crippen LogP) is -0.401. The second kappa shape index (κ2) is 7.23. The zero-order valence-corrected chi connectivity index (χ0v) is 9.62. The van der Waals surface area contributed by atoms with Gasteiger partial charge in [0.2, 0.25) is 0 Å². The Morgan fingerprint density at radius 1 is 1.40 bits per heavy atom. The topological polar surface area (TPSA) is 69.6 Å². The second-order valence-electron chi connectivity index (χ2n) is 3.89. The van der Waals surface area contributed by atoms with Crippen molar-refractivity contribution in [1.29, 1.82) is 0 Å². The minimum absolute atomic E-state index is 0.137. The number of aliphatic hydroxyl groups excluding tert-OH is 1. The minimum atomic E-state index is -0.605. The van der Waals surface area contributed by atoms with Gasteiger partial charge < -0.3 is 15.3 Å². The smallest absolute Gasteiger partial charge is 0.311 e. The maximum atomic E-state index is 11.3. The molecule has 0 aliphatic carbocycles. The number of nitrogens with one attached hydrogen (secondary N) is 1. The molecule has 2 amide bonds. The molecule has 88 valence electrons. The number of likely N-dealkylation sites (N-methyl/N-ethyl adjacent to an activating group) is 1. The summed E-state index contributed by atoms with van der Waals surface area (Å²) in [7, 11) is 1.49. The van der Waals surface area contributed by atoms with Crippen LogP contribution in [0.15, 0.2) is 0 Å². The minimum Gasteiger partial charge on any atom is -0.395 e. The molecular formula is C10H20N2O3. The quantitative estimate of drug-likeness (QED) is 0.614. The van der Waals surface area contributed by atoms with E-state index in [0.717, 1.165) is 6.42 Å². The van der Waals surface area contributed by atoms with Crippen molar-refractivity contribution in [2.75, 3.05) is 26.7 Å². The average Bonchev–Trinajstić information content (AvgIpc) is 2.16. The van der Waals surface area contributed by atoms with Crippen molar-refractivity contribution in [3.05, 3.63) is 0 Å². The maximum absolute atomic E-state index is 11.3. The van der Waals surface area contributed by atoms with Gasteiger partial charge in [0.25, 0.3) is 0 Å². The number of hydrogen-bond acceptors (Lipinski definition) is 3. The number of rotatable bonds is 5.